The van der Waals surface area contributed by atoms with Crippen LogP contribution >= 0.6 is 0 Å². The number of fused-ring (bicyclic) bond motifs is 10. The minimum atomic E-state index is -0.464. The quantitative estimate of drug-likeness (QED) is 0.179. The SMILES string of the molecule is c1ccc(C2(c3ccccc3)c3ccccc3-c3cc4c(cc32)oc2cc(-c3ccc5c(c3)c3ccccc3n5-c3ccc5ccccc5c3)ccc24)cc1. The van der Waals surface area contributed by atoms with Crippen LogP contribution < -0.4 is 0 Å². The van der Waals surface area contributed by atoms with Crippen LogP contribution in [0.5, 0.6) is 0 Å². The van der Waals surface area contributed by atoms with Crippen molar-refractivity contribution in [2.24, 2.45) is 0 Å². The number of aromatic nitrogens is 1. The molecule has 0 saturated heterocycles. The molecule has 0 spiro atoms. The first-order valence-electron chi connectivity index (χ1n) is 19.0. The second kappa shape index (κ2) is 11.4. The average molecular weight is 700 g/mol. The van der Waals surface area contributed by atoms with Crippen LogP contribution in [0, 0.1) is 0 Å². The number of furan rings is 1. The van der Waals surface area contributed by atoms with Gasteiger partial charge in [-0.05, 0) is 110 Å². The Morgan fingerprint density at radius 2 is 1.02 bits per heavy atom. The lowest BCUT2D eigenvalue weighted by Gasteiger charge is -2.33. The van der Waals surface area contributed by atoms with Gasteiger partial charge in [-0.25, -0.2) is 0 Å². The lowest BCUT2D eigenvalue weighted by atomic mass is 9.67. The molecule has 9 aromatic carbocycles. The van der Waals surface area contributed by atoms with E-state index in [9.17, 15) is 0 Å². The highest BCUT2D eigenvalue weighted by Crippen LogP contribution is 2.57. The standard InChI is InChI=1S/C53H33NO/c1-3-15-38(16-4-1)53(39-17-5-2-6-18-39)47-21-11-9-19-41(47)44-32-46-43-27-24-37(31-51(43)55-52(46)33-48(44)53)36-25-28-50-45(30-36)42-20-10-12-22-49(42)54(50)40-26-23-34-13-7-8-14-35(34)29-40/h1-33H. The van der Waals surface area contributed by atoms with Gasteiger partial charge in [0.2, 0.25) is 0 Å². The first-order chi connectivity index (χ1) is 27.3. The fraction of sp³-hybridized carbons (Fsp3) is 0.0189. The summed E-state index contributed by atoms with van der Waals surface area (Å²) in [6, 6.07) is 73.1. The van der Waals surface area contributed by atoms with E-state index in [2.05, 4.69) is 205 Å². The van der Waals surface area contributed by atoms with Crippen molar-refractivity contribution >= 4 is 54.5 Å². The molecule has 0 N–H and O–H groups in total. The van der Waals surface area contributed by atoms with E-state index in [1.807, 2.05) is 0 Å². The molecule has 1 aliphatic rings. The number of rotatable bonds is 4. The fourth-order valence-corrected chi connectivity index (χ4v) is 9.64. The van der Waals surface area contributed by atoms with Gasteiger partial charge in [-0.1, -0.05) is 146 Å². The molecule has 0 radical (unpaired) electrons. The maximum atomic E-state index is 6.85. The van der Waals surface area contributed by atoms with E-state index in [0.29, 0.717) is 0 Å². The van der Waals surface area contributed by atoms with E-state index in [4.69, 9.17) is 4.42 Å². The van der Waals surface area contributed by atoms with Crippen LogP contribution in [-0.4, -0.2) is 4.57 Å². The van der Waals surface area contributed by atoms with E-state index in [1.165, 1.54) is 77.2 Å². The number of para-hydroxylation sites is 1. The molecule has 2 heteroatoms. The van der Waals surface area contributed by atoms with Crippen LogP contribution in [0.2, 0.25) is 0 Å². The molecule has 2 nitrogen and oxygen atoms in total. The molecule has 1 aliphatic carbocycles. The first-order valence-corrected chi connectivity index (χ1v) is 19.0. The fourth-order valence-electron chi connectivity index (χ4n) is 9.64. The number of nitrogens with zero attached hydrogens (tertiary/aromatic N) is 1. The summed E-state index contributed by atoms with van der Waals surface area (Å²) in [7, 11) is 0. The summed E-state index contributed by atoms with van der Waals surface area (Å²) in [5.41, 5.74) is 14.8. The van der Waals surface area contributed by atoms with E-state index in [0.717, 1.165) is 27.5 Å². The summed E-state index contributed by atoms with van der Waals surface area (Å²) in [5.74, 6) is 0. The van der Waals surface area contributed by atoms with E-state index in [1.54, 1.807) is 0 Å². The first kappa shape index (κ1) is 30.3. The second-order valence-corrected chi connectivity index (χ2v) is 14.9. The van der Waals surface area contributed by atoms with E-state index < -0.39 is 5.41 Å². The van der Waals surface area contributed by atoms with Crippen LogP contribution in [0.25, 0.3) is 82.5 Å². The summed E-state index contributed by atoms with van der Waals surface area (Å²) in [6.45, 7) is 0. The smallest absolute Gasteiger partial charge is 0.136 e. The Bertz CT molecular complexity index is 3270. The number of benzene rings is 9. The number of hydrogen-bond donors (Lipinski definition) is 0. The van der Waals surface area contributed by atoms with Gasteiger partial charge in [-0.2, -0.15) is 0 Å². The summed E-state index contributed by atoms with van der Waals surface area (Å²) < 4.78 is 9.25. The third kappa shape index (κ3) is 4.25. The minimum absolute atomic E-state index is 0.464. The molecule has 12 rings (SSSR count). The Morgan fingerprint density at radius 3 is 1.85 bits per heavy atom. The van der Waals surface area contributed by atoms with Gasteiger partial charge in [-0.3, -0.25) is 0 Å². The van der Waals surface area contributed by atoms with Crippen molar-refractivity contribution in [3.63, 3.8) is 0 Å². The van der Waals surface area contributed by atoms with Crippen molar-refractivity contribution in [2.45, 2.75) is 5.41 Å². The van der Waals surface area contributed by atoms with E-state index in [-0.39, 0.29) is 0 Å². The highest BCUT2D eigenvalue weighted by Gasteiger charge is 2.46. The Balaban J connectivity index is 1.03. The molecule has 0 saturated carbocycles. The summed E-state index contributed by atoms with van der Waals surface area (Å²) in [5, 5.41) is 7.23. The highest BCUT2D eigenvalue weighted by molar-refractivity contribution is 6.12. The lowest BCUT2D eigenvalue weighted by molar-refractivity contribution is 0.666. The van der Waals surface area contributed by atoms with Gasteiger partial charge in [0.05, 0.1) is 16.4 Å². The molecule has 2 heterocycles. The third-order valence-electron chi connectivity index (χ3n) is 12.0. The van der Waals surface area contributed by atoms with Crippen molar-refractivity contribution in [3.8, 4) is 27.9 Å². The van der Waals surface area contributed by atoms with Gasteiger partial charge >= 0.3 is 0 Å². The molecule has 0 amide bonds. The van der Waals surface area contributed by atoms with Gasteiger partial charge in [0.25, 0.3) is 0 Å². The average Bonchev–Trinajstić information content (AvgIpc) is 3.88. The monoisotopic (exact) mass is 699 g/mol. The van der Waals surface area contributed by atoms with Gasteiger partial charge < -0.3 is 8.98 Å². The molecule has 0 atom stereocenters. The van der Waals surface area contributed by atoms with Crippen molar-refractivity contribution in [2.75, 3.05) is 0 Å². The molecule has 0 bridgehead atoms. The highest BCUT2D eigenvalue weighted by atomic mass is 16.3. The molecule has 0 fully saturated rings. The predicted octanol–water partition coefficient (Wildman–Crippen LogP) is 13.9. The Kier molecular flexibility index (Phi) is 6.29. The Labute approximate surface area is 318 Å². The molecule has 2 aromatic heterocycles. The number of hydrogen-bond acceptors (Lipinski definition) is 1. The van der Waals surface area contributed by atoms with Crippen LogP contribution in [0.1, 0.15) is 22.3 Å². The second-order valence-electron chi connectivity index (χ2n) is 14.9. The van der Waals surface area contributed by atoms with Crippen LogP contribution in [0.4, 0.5) is 0 Å². The van der Waals surface area contributed by atoms with Crippen molar-refractivity contribution in [1.82, 2.24) is 4.57 Å². The van der Waals surface area contributed by atoms with E-state index >= 15 is 0 Å². The maximum absolute atomic E-state index is 6.85. The molecule has 0 unspecified atom stereocenters. The Morgan fingerprint density at radius 1 is 0.364 bits per heavy atom. The summed E-state index contributed by atoms with van der Waals surface area (Å²) in [6.07, 6.45) is 0. The zero-order chi connectivity index (χ0) is 36.1. The van der Waals surface area contributed by atoms with Crippen LogP contribution in [0.3, 0.4) is 0 Å². The molecule has 256 valence electrons. The van der Waals surface area contributed by atoms with Crippen LogP contribution in [-0.2, 0) is 5.41 Å². The topological polar surface area (TPSA) is 18.1 Å². The third-order valence-corrected chi connectivity index (χ3v) is 12.0. The summed E-state index contributed by atoms with van der Waals surface area (Å²) in [4.78, 5) is 0. The molecular weight excluding hydrogens is 667 g/mol. The lowest BCUT2D eigenvalue weighted by Crippen LogP contribution is -2.28. The zero-order valence-electron chi connectivity index (χ0n) is 29.9. The van der Waals surface area contributed by atoms with Gasteiger partial charge in [0.1, 0.15) is 11.2 Å². The summed E-state index contributed by atoms with van der Waals surface area (Å²) >= 11 is 0. The van der Waals surface area contributed by atoms with Gasteiger partial charge in [-0.15, -0.1) is 0 Å². The maximum Gasteiger partial charge on any atom is 0.136 e. The van der Waals surface area contributed by atoms with Crippen molar-refractivity contribution in [1.29, 1.82) is 0 Å². The normalized spacial score (nSPS) is 13.2. The zero-order valence-corrected chi connectivity index (χ0v) is 29.9. The molecule has 11 aromatic rings. The van der Waals surface area contributed by atoms with Gasteiger partial charge in [0.15, 0.2) is 0 Å². The van der Waals surface area contributed by atoms with Crippen molar-refractivity contribution < 1.29 is 4.42 Å². The molecule has 0 aliphatic heterocycles. The van der Waals surface area contributed by atoms with Crippen LogP contribution in [0.15, 0.2) is 205 Å². The van der Waals surface area contributed by atoms with Gasteiger partial charge in [0, 0.05) is 27.2 Å². The predicted molar refractivity (Wildman–Crippen MR) is 228 cm³/mol. The van der Waals surface area contributed by atoms with Crippen molar-refractivity contribution in [3.05, 3.63) is 222 Å². The minimum Gasteiger partial charge on any atom is -0.456 e. The molecule has 55 heavy (non-hydrogen) atoms. The largest absolute Gasteiger partial charge is 0.456 e. The molecular formula is C53H33NO. The Hall–Kier alpha value is -7.16.